The zero-order valence-corrected chi connectivity index (χ0v) is 15.6. The van der Waals surface area contributed by atoms with Crippen LogP contribution < -0.4 is 0 Å². The predicted molar refractivity (Wildman–Crippen MR) is 105 cm³/mol. The van der Waals surface area contributed by atoms with Gasteiger partial charge < -0.3 is 9.80 Å². The molecule has 0 unspecified atom stereocenters. The SMILES string of the molecule is O=C(c1ccc(Cl)cc1)N1CCN(C(=O)c2cc3ccccc3s2)CC1. The molecule has 26 heavy (non-hydrogen) atoms. The Morgan fingerprint density at radius 1 is 0.846 bits per heavy atom. The molecule has 1 saturated heterocycles. The quantitative estimate of drug-likeness (QED) is 0.665. The number of rotatable bonds is 2. The second kappa shape index (κ2) is 7.09. The topological polar surface area (TPSA) is 40.6 Å². The van der Waals surface area contributed by atoms with Crippen molar-refractivity contribution in [2.75, 3.05) is 26.2 Å². The first-order chi connectivity index (χ1) is 12.6. The fraction of sp³-hybridized carbons (Fsp3) is 0.200. The summed E-state index contributed by atoms with van der Waals surface area (Å²) in [6.07, 6.45) is 0. The van der Waals surface area contributed by atoms with Crippen molar-refractivity contribution in [2.24, 2.45) is 0 Å². The number of hydrogen-bond acceptors (Lipinski definition) is 3. The van der Waals surface area contributed by atoms with Crippen molar-refractivity contribution in [3.05, 3.63) is 70.1 Å². The predicted octanol–water partition coefficient (Wildman–Crippen LogP) is 4.15. The highest BCUT2D eigenvalue weighted by Crippen LogP contribution is 2.26. The highest BCUT2D eigenvalue weighted by Gasteiger charge is 2.26. The molecular formula is C20H17ClN2O2S. The number of piperazine rings is 1. The minimum absolute atomic E-state index is 0.0179. The Morgan fingerprint density at radius 3 is 2.12 bits per heavy atom. The molecule has 0 radical (unpaired) electrons. The number of fused-ring (bicyclic) bond motifs is 1. The molecule has 0 atom stereocenters. The Kier molecular flexibility index (Phi) is 4.66. The summed E-state index contributed by atoms with van der Waals surface area (Å²) in [6, 6.07) is 16.9. The maximum Gasteiger partial charge on any atom is 0.264 e. The lowest BCUT2D eigenvalue weighted by atomic mass is 10.2. The van der Waals surface area contributed by atoms with Crippen molar-refractivity contribution in [3.8, 4) is 0 Å². The van der Waals surface area contributed by atoms with Gasteiger partial charge in [0, 0.05) is 41.5 Å². The molecular weight excluding hydrogens is 368 g/mol. The summed E-state index contributed by atoms with van der Waals surface area (Å²) in [5, 5.41) is 1.71. The Morgan fingerprint density at radius 2 is 1.46 bits per heavy atom. The van der Waals surface area contributed by atoms with Crippen LogP contribution in [0.5, 0.6) is 0 Å². The zero-order valence-electron chi connectivity index (χ0n) is 14.0. The Labute approximate surface area is 160 Å². The largest absolute Gasteiger partial charge is 0.335 e. The van der Waals surface area contributed by atoms with E-state index in [0.29, 0.717) is 36.8 Å². The molecule has 1 fully saturated rings. The van der Waals surface area contributed by atoms with Gasteiger partial charge in [0.2, 0.25) is 0 Å². The number of hydrogen-bond donors (Lipinski definition) is 0. The van der Waals surface area contributed by atoms with Gasteiger partial charge in [-0.25, -0.2) is 0 Å². The van der Waals surface area contributed by atoms with Gasteiger partial charge in [0.05, 0.1) is 4.88 Å². The Hall–Kier alpha value is -2.37. The molecule has 1 aromatic heterocycles. The molecule has 132 valence electrons. The van der Waals surface area contributed by atoms with Crippen LogP contribution in [0.3, 0.4) is 0 Å². The molecule has 2 heterocycles. The smallest absolute Gasteiger partial charge is 0.264 e. The lowest BCUT2D eigenvalue weighted by Crippen LogP contribution is -2.50. The van der Waals surface area contributed by atoms with Crippen LogP contribution in [0, 0.1) is 0 Å². The van der Waals surface area contributed by atoms with Crippen LogP contribution >= 0.6 is 22.9 Å². The summed E-state index contributed by atoms with van der Waals surface area (Å²) in [5.74, 6) is 0.0282. The number of thiophene rings is 1. The zero-order chi connectivity index (χ0) is 18.1. The molecule has 0 spiro atoms. The lowest BCUT2D eigenvalue weighted by Gasteiger charge is -2.34. The highest BCUT2D eigenvalue weighted by atomic mass is 35.5. The van der Waals surface area contributed by atoms with Gasteiger partial charge in [-0.2, -0.15) is 0 Å². The van der Waals surface area contributed by atoms with E-state index in [1.54, 1.807) is 29.2 Å². The van der Waals surface area contributed by atoms with E-state index >= 15 is 0 Å². The minimum Gasteiger partial charge on any atom is -0.335 e. The molecule has 2 aromatic carbocycles. The maximum absolute atomic E-state index is 12.8. The molecule has 2 amide bonds. The molecule has 1 aliphatic heterocycles. The summed E-state index contributed by atoms with van der Waals surface area (Å²) in [5.41, 5.74) is 0.624. The molecule has 3 aromatic rings. The second-order valence-corrected chi connectivity index (χ2v) is 7.76. The van der Waals surface area contributed by atoms with E-state index in [2.05, 4.69) is 0 Å². The van der Waals surface area contributed by atoms with Gasteiger partial charge in [-0.15, -0.1) is 11.3 Å². The third-order valence-electron chi connectivity index (χ3n) is 4.58. The van der Waals surface area contributed by atoms with Gasteiger partial charge in [-0.1, -0.05) is 29.8 Å². The number of halogens is 1. The Balaban J connectivity index is 1.42. The molecule has 0 bridgehead atoms. The average Bonchev–Trinajstić information content (AvgIpc) is 3.12. The number of carbonyl (C=O) groups is 2. The van der Waals surface area contributed by atoms with Crippen LogP contribution in [0.15, 0.2) is 54.6 Å². The van der Waals surface area contributed by atoms with Gasteiger partial charge >= 0.3 is 0 Å². The van der Waals surface area contributed by atoms with Crippen LogP contribution in [0.1, 0.15) is 20.0 Å². The van der Waals surface area contributed by atoms with Crippen LogP contribution in [0.4, 0.5) is 0 Å². The van der Waals surface area contributed by atoms with Gasteiger partial charge in [0.15, 0.2) is 0 Å². The number of benzene rings is 2. The van der Waals surface area contributed by atoms with Crippen molar-refractivity contribution in [2.45, 2.75) is 0 Å². The lowest BCUT2D eigenvalue weighted by molar-refractivity contribution is 0.0538. The first-order valence-electron chi connectivity index (χ1n) is 8.44. The number of amides is 2. The maximum atomic E-state index is 12.8. The van der Waals surface area contributed by atoms with E-state index in [0.717, 1.165) is 15.0 Å². The molecule has 4 rings (SSSR count). The summed E-state index contributed by atoms with van der Waals surface area (Å²) < 4.78 is 1.12. The van der Waals surface area contributed by atoms with Gasteiger partial charge in [0.25, 0.3) is 11.8 Å². The second-order valence-electron chi connectivity index (χ2n) is 6.24. The molecule has 1 aliphatic rings. The van der Waals surface area contributed by atoms with E-state index in [-0.39, 0.29) is 11.8 Å². The fourth-order valence-electron chi connectivity index (χ4n) is 3.13. The van der Waals surface area contributed by atoms with Crippen molar-refractivity contribution < 1.29 is 9.59 Å². The van der Waals surface area contributed by atoms with Crippen molar-refractivity contribution >= 4 is 44.8 Å². The van der Waals surface area contributed by atoms with E-state index in [1.807, 2.05) is 35.2 Å². The minimum atomic E-state index is -0.0179. The number of carbonyl (C=O) groups excluding carboxylic acids is 2. The van der Waals surface area contributed by atoms with E-state index in [1.165, 1.54) is 11.3 Å². The fourth-order valence-corrected chi connectivity index (χ4v) is 4.29. The van der Waals surface area contributed by atoms with Crippen molar-refractivity contribution in [3.63, 3.8) is 0 Å². The van der Waals surface area contributed by atoms with Crippen molar-refractivity contribution in [1.82, 2.24) is 9.80 Å². The normalized spacial score (nSPS) is 14.7. The molecule has 0 aliphatic carbocycles. The molecule has 0 N–H and O–H groups in total. The van der Waals surface area contributed by atoms with Crippen LogP contribution in [-0.2, 0) is 0 Å². The van der Waals surface area contributed by atoms with Gasteiger partial charge in [-0.05, 0) is 41.8 Å². The van der Waals surface area contributed by atoms with Crippen LogP contribution in [0.25, 0.3) is 10.1 Å². The third-order valence-corrected chi connectivity index (χ3v) is 5.94. The van der Waals surface area contributed by atoms with Gasteiger partial charge in [-0.3, -0.25) is 9.59 Å². The van der Waals surface area contributed by atoms with Gasteiger partial charge in [0.1, 0.15) is 0 Å². The van der Waals surface area contributed by atoms with E-state index in [4.69, 9.17) is 11.6 Å². The van der Waals surface area contributed by atoms with Crippen LogP contribution in [0.2, 0.25) is 5.02 Å². The van der Waals surface area contributed by atoms with E-state index in [9.17, 15) is 9.59 Å². The number of nitrogens with zero attached hydrogens (tertiary/aromatic N) is 2. The van der Waals surface area contributed by atoms with Crippen LogP contribution in [-0.4, -0.2) is 47.8 Å². The van der Waals surface area contributed by atoms with E-state index < -0.39 is 0 Å². The first-order valence-corrected chi connectivity index (χ1v) is 9.64. The molecule has 6 heteroatoms. The standard InChI is InChI=1S/C20H17ClN2O2S/c21-16-7-5-14(6-8-16)19(24)22-9-11-23(12-10-22)20(25)18-13-15-3-1-2-4-17(15)26-18/h1-8,13H,9-12H2. The average molecular weight is 385 g/mol. The third kappa shape index (κ3) is 3.32. The first kappa shape index (κ1) is 17.1. The molecule has 0 saturated carbocycles. The van der Waals surface area contributed by atoms with Crippen molar-refractivity contribution in [1.29, 1.82) is 0 Å². The highest BCUT2D eigenvalue weighted by molar-refractivity contribution is 7.20. The summed E-state index contributed by atoms with van der Waals surface area (Å²) in [6.45, 7) is 2.18. The monoisotopic (exact) mass is 384 g/mol. The summed E-state index contributed by atoms with van der Waals surface area (Å²) in [7, 11) is 0. The molecule has 4 nitrogen and oxygen atoms in total. The Bertz CT molecular complexity index is 926. The summed E-state index contributed by atoms with van der Waals surface area (Å²) >= 11 is 7.40. The summed E-state index contributed by atoms with van der Waals surface area (Å²) in [4.78, 5) is 29.7.